The number of thiophene rings is 1. The molecule has 0 saturated carbocycles. The van der Waals surface area contributed by atoms with Crippen molar-refractivity contribution >= 4 is 17.1 Å². The third-order valence-corrected chi connectivity index (χ3v) is 2.64. The predicted molar refractivity (Wildman–Crippen MR) is 56.1 cm³/mol. The first-order valence-electron chi connectivity index (χ1n) is 4.33. The Morgan fingerprint density at radius 3 is 2.85 bits per heavy atom. The van der Waals surface area contributed by atoms with Crippen molar-refractivity contribution in [1.82, 2.24) is 0 Å². The molecule has 0 fully saturated rings. The molecular weight excluding hydrogens is 180 g/mol. The van der Waals surface area contributed by atoms with Crippen molar-refractivity contribution in [3.63, 3.8) is 0 Å². The molecule has 1 aromatic rings. The molecule has 0 radical (unpaired) electrons. The summed E-state index contributed by atoms with van der Waals surface area (Å²) in [5, 5.41) is 0. The van der Waals surface area contributed by atoms with E-state index in [2.05, 4.69) is 18.8 Å². The van der Waals surface area contributed by atoms with Crippen LogP contribution in [0.3, 0.4) is 0 Å². The molecule has 0 N–H and O–H groups in total. The lowest BCUT2D eigenvalue weighted by Crippen LogP contribution is -1.83. The zero-order valence-electron chi connectivity index (χ0n) is 7.89. The SMILES string of the molecule is CCCC#Cc1ccc(C(C)=O)s1. The second-order valence-corrected chi connectivity index (χ2v) is 3.86. The van der Waals surface area contributed by atoms with Crippen molar-refractivity contribution < 1.29 is 4.79 Å². The molecule has 0 aromatic carbocycles. The second kappa shape index (κ2) is 4.84. The van der Waals surface area contributed by atoms with Crippen LogP contribution in [0, 0.1) is 11.8 Å². The van der Waals surface area contributed by atoms with Gasteiger partial charge in [-0.05, 0) is 25.5 Å². The van der Waals surface area contributed by atoms with Gasteiger partial charge in [0.25, 0.3) is 0 Å². The van der Waals surface area contributed by atoms with E-state index in [1.807, 2.05) is 12.1 Å². The molecule has 2 heteroatoms. The van der Waals surface area contributed by atoms with Gasteiger partial charge in [0, 0.05) is 6.42 Å². The van der Waals surface area contributed by atoms with Gasteiger partial charge in [0.15, 0.2) is 5.78 Å². The van der Waals surface area contributed by atoms with Crippen LogP contribution >= 0.6 is 11.3 Å². The summed E-state index contributed by atoms with van der Waals surface area (Å²) in [5.41, 5.74) is 0. The standard InChI is InChI=1S/C11H12OS/c1-3-4-5-6-10-7-8-11(13-10)9(2)12/h7-8H,3-4H2,1-2H3. The van der Waals surface area contributed by atoms with Crippen LogP contribution in [0.25, 0.3) is 0 Å². The number of carbonyl (C=O) groups excluding carboxylic acids is 1. The predicted octanol–water partition coefficient (Wildman–Crippen LogP) is 3.10. The van der Waals surface area contributed by atoms with E-state index in [-0.39, 0.29) is 5.78 Å². The number of Topliss-reactive ketones (excluding diaryl/α,β-unsaturated/α-hetero) is 1. The lowest BCUT2D eigenvalue weighted by atomic mass is 10.3. The summed E-state index contributed by atoms with van der Waals surface area (Å²) >= 11 is 1.47. The molecule has 0 saturated heterocycles. The number of carbonyl (C=O) groups is 1. The molecule has 0 atom stereocenters. The Labute approximate surface area is 82.8 Å². The minimum Gasteiger partial charge on any atom is -0.294 e. The molecule has 1 heterocycles. The quantitative estimate of drug-likeness (QED) is 0.520. The molecule has 0 bridgehead atoms. The average molecular weight is 192 g/mol. The zero-order valence-corrected chi connectivity index (χ0v) is 8.70. The van der Waals surface area contributed by atoms with Gasteiger partial charge in [0.05, 0.1) is 9.75 Å². The highest BCUT2D eigenvalue weighted by Crippen LogP contribution is 2.15. The van der Waals surface area contributed by atoms with E-state index in [0.29, 0.717) is 0 Å². The smallest absolute Gasteiger partial charge is 0.169 e. The molecule has 0 aliphatic heterocycles. The highest BCUT2D eigenvalue weighted by Gasteiger charge is 2.01. The number of ketones is 1. The van der Waals surface area contributed by atoms with Gasteiger partial charge in [-0.15, -0.1) is 11.3 Å². The van der Waals surface area contributed by atoms with Crippen molar-refractivity contribution in [2.75, 3.05) is 0 Å². The Hall–Kier alpha value is -1.07. The monoisotopic (exact) mass is 192 g/mol. The van der Waals surface area contributed by atoms with Gasteiger partial charge < -0.3 is 0 Å². The molecule has 0 amide bonds. The van der Waals surface area contributed by atoms with E-state index in [9.17, 15) is 4.79 Å². The molecule has 1 aromatic heterocycles. The number of unbranched alkanes of at least 4 members (excludes halogenated alkanes) is 1. The van der Waals surface area contributed by atoms with Crippen molar-refractivity contribution in [3.8, 4) is 11.8 Å². The molecular formula is C11H12OS. The highest BCUT2D eigenvalue weighted by molar-refractivity contribution is 7.14. The summed E-state index contributed by atoms with van der Waals surface area (Å²) in [6.45, 7) is 3.68. The molecule has 1 nitrogen and oxygen atoms in total. The fraction of sp³-hybridized carbons (Fsp3) is 0.364. The van der Waals surface area contributed by atoms with Crippen LogP contribution in [-0.2, 0) is 0 Å². The molecule has 0 unspecified atom stereocenters. The first kappa shape index (κ1) is 10.0. The third kappa shape index (κ3) is 3.04. The summed E-state index contributed by atoms with van der Waals surface area (Å²) in [5.74, 6) is 6.21. The van der Waals surface area contributed by atoms with E-state index >= 15 is 0 Å². The Morgan fingerprint density at radius 2 is 2.31 bits per heavy atom. The molecule has 68 valence electrons. The second-order valence-electron chi connectivity index (χ2n) is 2.77. The fourth-order valence-electron chi connectivity index (χ4n) is 0.869. The number of hydrogen-bond acceptors (Lipinski definition) is 2. The molecule has 1 rings (SSSR count). The van der Waals surface area contributed by atoms with Crippen LogP contribution in [-0.4, -0.2) is 5.78 Å². The first-order valence-corrected chi connectivity index (χ1v) is 5.15. The first-order chi connectivity index (χ1) is 6.24. The van der Waals surface area contributed by atoms with Crippen molar-refractivity contribution in [2.45, 2.75) is 26.7 Å². The summed E-state index contributed by atoms with van der Waals surface area (Å²) in [6.07, 6.45) is 2.01. The van der Waals surface area contributed by atoms with Crippen molar-refractivity contribution in [1.29, 1.82) is 0 Å². The van der Waals surface area contributed by atoms with Gasteiger partial charge in [-0.3, -0.25) is 4.79 Å². The minimum atomic E-state index is 0.119. The topological polar surface area (TPSA) is 17.1 Å². The third-order valence-electron chi connectivity index (χ3n) is 1.54. The largest absolute Gasteiger partial charge is 0.294 e. The van der Waals surface area contributed by atoms with Crippen LogP contribution in [0.5, 0.6) is 0 Å². The fourth-order valence-corrected chi connectivity index (χ4v) is 1.64. The molecule has 0 aliphatic carbocycles. The van der Waals surface area contributed by atoms with Crippen LogP contribution in [0.1, 0.15) is 41.2 Å². The highest BCUT2D eigenvalue weighted by atomic mass is 32.1. The van der Waals surface area contributed by atoms with Gasteiger partial charge >= 0.3 is 0 Å². The van der Waals surface area contributed by atoms with Gasteiger partial charge in [-0.1, -0.05) is 18.8 Å². The van der Waals surface area contributed by atoms with Crippen molar-refractivity contribution in [2.24, 2.45) is 0 Å². The molecule has 0 spiro atoms. The van der Waals surface area contributed by atoms with E-state index < -0.39 is 0 Å². The minimum absolute atomic E-state index is 0.119. The summed E-state index contributed by atoms with van der Waals surface area (Å²) in [6, 6.07) is 3.74. The summed E-state index contributed by atoms with van der Waals surface area (Å²) in [7, 11) is 0. The maximum atomic E-state index is 11.0. The lowest BCUT2D eigenvalue weighted by Gasteiger charge is -1.82. The van der Waals surface area contributed by atoms with Gasteiger partial charge in [0.1, 0.15) is 0 Å². The maximum Gasteiger partial charge on any atom is 0.169 e. The van der Waals surface area contributed by atoms with E-state index in [4.69, 9.17) is 0 Å². The van der Waals surface area contributed by atoms with E-state index in [1.165, 1.54) is 11.3 Å². The molecule has 0 aliphatic rings. The van der Waals surface area contributed by atoms with Crippen LogP contribution in [0.4, 0.5) is 0 Å². The summed E-state index contributed by atoms with van der Waals surface area (Å²) < 4.78 is 0. The summed E-state index contributed by atoms with van der Waals surface area (Å²) in [4.78, 5) is 12.7. The van der Waals surface area contributed by atoms with Crippen LogP contribution in [0.15, 0.2) is 12.1 Å². The van der Waals surface area contributed by atoms with Gasteiger partial charge in [-0.2, -0.15) is 0 Å². The van der Waals surface area contributed by atoms with Crippen LogP contribution < -0.4 is 0 Å². The van der Waals surface area contributed by atoms with E-state index in [0.717, 1.165) is 22.6 Å². The Morgan fingerprint density at radius 1 is 1.54 bits per heavy atom. The van der Waals surface area contributed by atoms with Crippen LogP contribution in [0.2, 0.25) is 0 Å². The number of hydrogen-bond donors (Lipinski definition) is 0. The normalized spacial score (nSPS) is 9.08. The number of rotatable bonds is 2. The van der Waals surface area contributed by atoms with Gasteiger partial charge in [-0.25, -0.2) is 0 Å². The van der Waals surface area contributed by atoms with Crippen molar-refractivity contribution in [3.05, 3.63) is 21.9 Å². The van der Waals surface area contributed by atoms with E-state index in [1.54, 1.807) is 6.92 Å². The Kier molecular flexibility index (Phi) is 3.72. The average Bonchev–Trinajstić information content (AvgIpc) is 2.53. The Bertz CT molecular complexity index is 352. The zero-order chi connectivity index (χ0) is 9.68. The Balaban J connectivity index is 2.71. The lowest BCUT2D eigenvalue weighted by molar-refractivity contribution is 0.102. The molecule has 13 heavy (non-hydrogen) atoms. The van der Waals surface area contributed by atoms with Gasteiger partial charge in [0.2, 0.25) is 0 Å². The maximum absolute atomic E-state index is 11.0.